The second-order valence-electron chi connectivity index (χ2n) is 7.26. The summed E-state index contributed by atoms with van der Waals surface area (Å²) in [6.07, 6.45) is 5.37. The van der Waals surface area contributed by atoms with Crippen molar-refractivity contribution >= 4 is 23.4 Å². The van der Waals surface area contributed by atoms with E-state index in [2.05, 4.69) is 11.9 Å². The van der Waals surface area contributed by atoms with Crippen molar-refractivity contribution in [3.8, 4) is 0 Å². The molecule has 1 atom stereocenters. The smallest absolute Gasteiger partial charge is 0.355 e. The number of rotatable bonds is 7. The molecule has 1 aliphatic rings. The van der Waals surface area contributed by atoms with Gasteiger partial charge in [0, 0.05) is 22.7 Å². The Morgan fingerprint density at radius 3 is 2.63 bits per heavy atom. The summed E-state index contributed by atoms with van der Waals surface area (Å²) in [5, 5.41) is 0.682. The molecule has 27 heavy (non-hydrogen) atoms. The van der Waals surface area contributed by atoms with Crippen molar-refractivity contribution in [1.82, 2.24) is 4.98 Å². The molecule has 0 saturated heterocycles. The molecular weight excluding hydrogens is 362 g/mol. The molecule has 1 N–H and O–H groups in total. The number of unbranched alkanes of at least 4 members (excludes halogenated alkanes) is 3. The Balaban J connectivity index is 1.73. The SMILES string of the molecule is CCCCCCOC(=O)c1[nH]c2c(c1C)C(=O)C[C@H](c1ccc(Cl)cc1)C2. The number of fused-ring (bicyclic) bond motifs is 1. The first-order valence-corrected chi connectivity index (χ1v) is 10.1. The van der Waals surface area contributed by atoms with Crippen LogP contribution in [0.5, 0.6) is 0 Å². The fraction of sp³-hybridized carbons (Fsp3) is 0.455. The molecule has 3 rings (SSSR count). The summed E-state index contributed by atoms with van der Waals surface area (Å²) in [5.41, 5.74) is 3.72. The van der Waals surface area contributed by atoms with Gasteiger partial charge in [-0.3, -0.25) is 4.79 Å². The zero-order chi connectivity index (χ0) is 19.4. The van der Waals surface area contributed by atoms with Gasteiger partial charge in [-0.05, 0) is 48.9 Å². The Morgan fingerprint density at radius 1 is 1.19 bits per heavy atom. The molecule has 0 saturated carbocycles. The van der Waals surface area contributed by atoms with Gasteiger partial charge in [-0.15, -0.1) is 0 Å². The zero-order valence-corrected chi connectivity index (χ0v) is 16.7. The van der Waals surface area contributed by atoms with Crippen LogP contribution in [-0.2, 0) is 11.2 Å². The van der Waals surface area contributed by atoms with Crippen LogP contribution in [0.3, 0.4) is 0 Å². The summed E-state index contributed by atoms with van der Waals surface area (Å²) in [7, 11) is 0. The summed E-state index contributed by atoms with van der Waals surface area (Å²) in [5.74, 6) is -0.195. The van der Waals surface area contributed by atoms with E-state index in [0.717, 1.165) is 36.9 Å². The van der Waals surface area contributed by atoms with Gasteiger partial charge in [-0.1, -0.05) is 49.9 Å². The van der Waals surface area contributed by atoms with Crippen LogP contribution in [-0.4, -0.2) is 23.3 Å². The van der Waals surface area contributed by atoms with Crippen molar-refractivity contribution in [1.29, 1.82) is 0 Å². The van der Waals surface area contributed by atoms with Crippen molar-refractivity contribution in [2.75, 3.05) is 6.61 Å². The summed E-state index contributed by atoms with van der Waals surface area (Å²) in [6.45, 7) is 4.39. The molecule has 144 valence electrons. The largest absolute Gasteiger partial charge is 0.461 e. The monoisotopic (exact) mass is 387 g/mol. The number of carbonyl (C=O) groups excluding carboxylic acids is 2. The van der Waals surface area contributed by atoms with E-state index in [4.69, 9.17) is 16.3 Å². The number of H-pyrrole nitrogens is 1. The van der Waals surface area contributed by atoms with Crippen LogP contribution in [0.15, 0.2) is 24.3 Å². The number of aromatic nitrogens is 1. The number of carbonyl (C=O) groups is 2. The zero-order valence-electron chi connectivity index (χ0n) is 15.9. The topological polar surface area (TPSA) is 59.2 Å². The van der Waals surface area contributed by atoms with Gasteiger partial charge in [0.25, 0.3) is 0 Å². The van der Waals surface area contributed by atoms with Crippen molar-refractivity contribution in [3.05, 3.63) is 57.4 Å². The summed E-state index contributed by atoms with van der Waals surface area (Å²) >= 11 is 5.96. The molecule has 1 aromatic heterocycles. The van der Waals surface area contributed by atoms with Crippen LogP contribution in [0.25, 0.3) is 0 Å². The minimum atomic E-state index is -0.366. The van der Waals surface area contributed by atoms with Crippen molar-refractivity contribution in [2.45, 2.75) is 58.3 Å². The predicted molar refractivity (Wildman–Crippen MR) is 107 cm³/mol. The van der Waals surface area contributed by atoms with E-state index < -0.39 is 0 Å². The van der Waals surface area contributed by atoms with Crippen molar-refractivity contribution in [2.24, 2.45) is 0 Å². The third kappa shape index (κ3) is 4.44. The lowest BCUT2D eigenvalue weighted by atomic mass is 9.81. The molecule has 2 aromatic rings. The lowest BCUT2D eigenvalue weighted by Crippen LogP contribution is -2.18. The van der Waals surface area contributed by atoms with Gasteiger partial charge in [-0.2, -0.15) is 0 Å². The molecule has 4 nitrogen and oxygen atoms in total. The number of nitrogens with one attached hydrogen (secondary N) is 1. The lowest BCUT2D eigenvalue weighted by Gasteiger charge is -2.22. The maximum Gasteiger partial charge on any atom is 0.355 e. The fourth-order valence-electron chi connectivity index (χ4n) is 3.77. The lowest BCUT2D eigenvalue weighted by molar-refractivity contribution is 0.0490. The number of aromatic amines is 1. The van der Waals surface area contributed by atoms with Crippen LogP contribution < -0.4 is 0 Å². The highest BCUT2D eigenvalue weighted by atomic mass is 35.5. The van der Waals surface area contributed by atoms with E-state index in [1.807, 2.05) is 31.2 Å². The Labute approximate surface area is 165 Å². The summed E-state index contributed by atoms with van der Waals surface area (Å²) < 4.78 is 5.40. The van der Waals surface area contributed by atoms with E-state index in [-0.39, 0.29) is 17.7 Å². The van der Waals surface area contributed by atoms with Gasteiger partial charge < -0.3 is 9.72 Å². The molecule has 0 radical (unpaired) electrons. The molecule has 1 aromatic carbocycles. The van der Waals surface area contributed by atoms with E-state index in [9.17, 15) is 9.59 Å². The molecule has 0 fully saturated rings. The average Bonchev–Trinajstić information content (AvgIpc) is 2.99. The van der Waals surface area contributed by atoms with Gasteiger partial charge in [-0.25, -0.2) is 4.79 Å². The molecule has 1 heterocycles. The second-order valence-corrected chi connectivity index (χ2v) is 7.69. The van der Waals surface area contributed by atoms with Crippen LogP contribution >= 0.6 is 11.6 Å². The standard InChI is InChI=1S/C22H26ClNO3/c1-3-4-5-6-11-27-22(26)21-14(2)20-18(24-21)12-16(13-19(20)25)15-7-9-17(23)10-8-15/h7-10,16,24H,3-6,11-13H2,1-2H3/t16-/m1/s1. The molecule has 0 amide bonds. The number of halogens is 1. The van der Waals surface area contributed by atoms with E-state index >= 15 is 0 Å². The van der Waals surface area contributed by atoms with Gasteiger partial charge in [0.1, 0.15) is 5.69 Å². The Bertz CT molecular complexity index is 823. The van der Waals surface area contributed by atoms with Crippen LogP contribution in [0, 0.1) is 6.92 Å². The second kappa shape index (κ2) is 8.75. The molecule has 0 unspecified atom stereocenters. The molecule has 0 spiro atoms. The highest BCUT2D eigenvalue weighted by Gasteiger charge is 2.32. The molecule has 0 bridgehead atoms. The highest BCUT2D eigenvalue weighted by Crippen LogP contribution is 2.35. The van der Waals surface area contributed by atoms with Crippen LogP contribution in [0.4, 0.5) is 0 Å². The number of ketones is 1. The molecular formula is C22H26ClNO3. The maximum absolute atomic E-state index is 12.7. The first-order valence-electron chi connectivity index (χ1n) is 9.68. The number of ether oxygens (including phenoxy) is 1. The van der Waals surface area contributed by atoms with Crippen LogP contribution in [0.2, 0.25) is 5.02 Å². The van der Waals surface area contributed by atoms with Gasteiger partial charge >= 0.3 is 5.97 Å². The van der Waals surface area contributed by atoms with E-state index in [1.54, 1.807) is 0 Å². The maximum atomic E-state index is 12.7. The van der Waals surface area contributed by atoms with Crippen molar-refractivity contribution in [3.63, 3.8) is 0 Å². The number of benzene rings is 1. The third-order valence-electron chi connectivity index (χ3n) is 5.27. The third-order valence-corrected chi connectivity index (χ3v) is 5.52. The van der Waals surface area contributed by atoms with Gasteiger partial charge in [0.15, 0.2) is 5.78 Å². The van der Waals surface area contributed by atoms with Gasteiger partial charge in [0.2, 0.25) is 0 Å². The first-order chi connectivity index (χ1) is 13.0. The molecule has 0 aliphatic heterocycles. The normalized spacial score (nSPS) is 16.3. The highest BCUT2D eigenvalue weighted by molar-refractivity contribution is 6.30. The first kappa shape index (κ1) is 19.7. The summed E-state index contributed by atoms with van der Waals surface area (Å²) in [6, 6.07) is 7.62. The van der Waals surface area contributed by atoms with Crippen molar-refractivity contribution < 1.29 is 14.3 Å². The number of hydrogen-bond acceptors (Lipinski definition) is 3. The minimum Gasteiger partial charge on any atom is -0.461 e. The van der Waals surface area contributed by atoms with Crippen LogP contribution in [0.1, 0.15) is 82.6 Å². The number of hydrogen-bond donors (Lipinski definition) is 1. The Morgan fingerprint density at radius 2 is 1.93 bits per heavy atom. The predicted octanol–water partition coefficient (Wildman–Crippen LogP) is 5.63. The van der Waals surface area contributed by atoms with E-state index in [0.29, 0.717) is 41.3 Å². The minimum absolute atomic E-state index is 0.0759. The molecule has 5 heteroatoms. The average molecular weight is 388 g/mol. The fourth-order valence-corrected chi connectivity index (χ4v) is 3.90. The Hall–Kier alpha value is -2.07. The molecule has 1 aliphatic carbocycles. The number of esters is 1. The van der Waals surface area contributed by atoms with E-state index in [1.165, 1.54) is 0 Å². The Kier molecular flexibility index (Phi) is 6.38. The summed E-state index contributed by atoms with van der Waals surface area (Å²) in [4.78, 5) is 28.3. The quantitative estimate of drug-likeness (QED) is 0.495. The van der Waals surface area contributed by atoms with Gasteiger partial charge in [0.05, 0.1) is 6.61 Å². The number of Topliss-reactive ketones (excluding diaryl/α,β-unsaturated/α-hetero) is 1.